The zero-order valence-electron chi connectivity index (χ0n) is 16.2. The number of ether oxygens (including phenoxy) is 2. The van der Waals surface area contributed by atoms with Crippen LogP contribution in [0.5, 0.6) is 11.5 Å². The average molecular weight is 403 g/mol. The number of aromatic amines is 2. The minimum atomic E-state index is -0.762. The molecule has 0 saturated heterocycles. The minimum Gasteiger partial charge on any atom is -0.497 e. The van der Waals surface area contributed by atoms with E-state index in [2.05, 4.69) is 15.3 Å². The van der Waals surface area contributed by atoms with Crippen LogP contribution in [0.1, 0.15) is 33.0 Å². The third-order valence-corrected chi connectivity index (χ3v) is 5.51. The van der Waals surface area contributed by atoms with Crippen molar-refractivity contribution in [3.63, 3.8) is 0 Å². The Kier molecular flexibility index (Phi) is 3.89. The van der Waals surface area contributed by atoms with Gasteiger partial charge >= 0.3 is 5.69 Å². The maximum Gasteiger partial charge on any atom is 0.327 e. The van der Waals surface area contributed by atoms with Gasteiger partial charge in [-0.25, -0.2) is 4.79 Å². The summed E-state index contributed by atoms with van der Waals surface area (Å²) >= 11 is 0. The summed E-state index contributed by atoms with van der Waals surface area (Å²) in [6, 6.07) is 12.4. The molecular formula is C22H17N3O5. The van der Waals surface area contributed by atoms with Crippen LogP contribution in [0.3, 0.4) is 0 Å². The van der Waals surface area contributed by atoms with Gasteiger partial charge in [0, 0.05) is 22.3 Å². The fourth-order valence-electron chi connectivity index (χ4n) is 4.23. The lowest BCUT2D eigenvalue weighted by Crippen LogP contribution is -2.33. The lowest BCUT2D eigenvalue weighted by Gasteiger charge is -2.28. The average Bonchev–Trinajstić information content (AvgIpc) is 3.04. The van der Waals surface area contributed by atoms with Crippen LogP contribution in [0.2, 0.25) is 0 Å². The smallest absolute Gasteiger partial charge is 0.327 e. The number of nitrogens with one attached hydrogen (secondary N) is 3. The first-order chi connectivity index (χ1) is 14.5. The second kappa shape index (κ2) is 6.48. The molecule has 2 heterocycles. The Bertz CT molecular complexity index is 1370. The molecule has 0 saturated carbocycles. The van der Waals surface area contributed by atoms with E-state index in [0.717, 1.165) is 5.56 Å². The number of rotatable bonds is 3. The minimum absolute atomic E-state index is 0.181. The van der Waals surface area contributed by atoms with Crippen LogP contribution in [0.25, 0.3) is 5.70 Å². The number of Topliss-reactive ketones (excluding diaryl/α,β-unsaturated/α-hetero) is 1. The molecule has 150 valence electrons. The molecular weight excluding hydrogens is 386 g/mol. The fourth-order valence-corrected chi connectivity index (χ4v) is 4.23. The van der Waals surface area contributed by atoms with Crippen molar-refractivity contribution >= 4 is 17.3 Å². The Balaban J connectivity index is 1.87. The van der Waals surface area contributed by atoms with Gasteiger partial charge in [-0.3, -0.25) is 19.6 Å². The topological polar surface area (TPSA) is 113 Å². The summed E-state index contributed by atoms with van der Waals surface area (Å²) in [4.78, 5) is 43.1. The molecule has 2 aromatic carbocycles. The number of fused-ring (bicyclic) bond motifs is 3. The van der Waals surface area contributed by atoms with Crippen molar-refractivity contribution in [2.45, 2.75) is 5.92 Å². The van der Waals surface area contributed by atoms with E-state index in [1.807, 2.05) is 12.1 Å². The number of H-pyrrole nitrogens is 2. The van der Waals surface area contributed by atoms with E-state index in [0.29, 0.717) is 33.9 Å². The molecule has 0 radical (unpaired) electrons. The summed E-state index contributed by atoms with van der Waals surface area (Å²) in [5.74, 6) is 0.356. The molecule has 8 heteroatoms. The Morgan fingerprint density at radius 1 is 0.900 bits per heavy atom. The van der Waals surface area contributed by atoms with Crippen molar-refractivity contribution in [1.29, 1.82) is 0 Å². The van der Waals surface area contributed by atoms with E-state index in [-0.39, 0.29) is 17.2 Å². The van der Waals surface area contributed by atoms with Gasteiger partial charge in [-0.1, -0.05) is 24.3 Å². The van der Waals surface area contributed by atoms with Crippen LogP contribution in [0.4, 0.5) is 5.82 Å². The van der Waals surface area contributed by atoms with E-state index < -0.39 is 17.2 Å². The summed E-state index contributed by atoms with van der Waals surface area (Å²) in [5, 5.41) is 3.10. The first-order valence-electron chi connectivity index (χ1n) is 9.27. The lowest BCUT2D eigenvalue weighted by atomic mass is 9.81. The van der Waals surface area contributed by atoms with Crippen LogP contribution in [0, 0.1) is 0 Å². The van der Waals surface area contributed by atoms with Gasteiger partial charge in [0.05, 0.1) is 31.4 Å². The first kappa shape index (κ1) is 18.0. The molecule has 0 amide bonds. The Labute approximate surface area is 170 Å². The normalized spacial score (nSPS) is 16.5. The number of carbonyl (C=O) groups is 1. The number of methoxy groups -OCH3 is 2. The monoisotopic (exact) mass is 403 g/mol. The first-order valence-corrected chi connectivity index (χ1v) is 9.27. The van der Waals surface area contributed by atoms with Crippen molar-refractivity contribution in [2.75, 3.05) is 19.5 Å². The predicted octanol–water partition coefficient (Wildman–Crippen LogP) is 2.25. The summed E-state index contributed by atoms with van der Waals surface area (Å²) in [6.45, 7) is 0. The second-order valence-electron chi connectivity index (χ2n) is 7.03. The SMILES string of the molecule is COc1ccc(OC)c(C2C3=C(Nc4[nH]c(=O)[nH]c(=O)c42)c2ccccc2C3=O)c1. The highest BCUT2D eigenvalue weighted by atomic mass is 16.5. The van der Waals surface area contributed by atoms with Crippen LogP contribution < -0.4 is 26.0 Å². The van der Waals surface area contributed by atoms with Crippen molar-refractivity contribution in [3.8, 4) is 11.5 Å². The third kappa shape index (κ3) is 2.43. The zero-order valence-corrected chi connectivity index (χ0v) is 16.2. The zero-order chi connectivity index (χ0) is 21.0. The molecule has 1 unspecified atom stereocenters. The molecule has 0 spiro atoms. The number of aromatic nitrogens is 2. The summed E-state index contributed by atoms with van der Waals surface area (Å²) in [5.41, 5.74) is 1.86. The van der Waals surface area contributed by atoms with Crippen LogP contribution in [0.15, 0.2) is 57.6 Å². The van der Waals surface area contributed by atoms with E-state index >= 15 is 0 Å². The number of carbonyl (C=O) groups excluding carboxylic acids is 1. The van der Waals surface area contributed by atoms with Gasteiger partial charge in [0.25, 0.3) is 5.56 Å². The van der Waals surface area contributed by atoms with Gasteiger partial charge in [-0.05, 0) is 18.2 Å². The fraction of sp³-hybridized carbons (Fsp3) is 0.136. The molecule has 3 N–H and O–H groups in total. The molecule has 30 heavy (non-hydrogen) atoms. The Morgan fingerprint density at radius 2 is 1.67 bits per heavy atom. The van der Waals surface area contributed by atoms with Crippen molar-refractivity contribution in [1.82, 2.24) is 9.97 Å². The van der Waals surface area contributed by atoms with Gasteiger partial charge in [-0.15, -0.1) is 0 Å². The maximum absolute atomic E-state index is 13.4. The summed E-state index contributed by atoms with van der Waals surface area (Å²) < 4.78 is 10.9. The Hall–Kier alpha value is -4.07. The van der Waals surface area contributed by atoms with E-state index in [9.17, 15) is 14.4 Å². The molecule has 3 aromatic rings. The number of ketones is 1. The highest BCUT2D eigenvalue weighted by Crippen LogP contribution is 2.49. The number of hydrogen-bond donors (Lipinski definition) is 3. The van der Waals surface area contributed by atoms with Crippen molar-refractivity contribution in [3.05, 3.63) is 91.1 Å². The molecule has 1 atom stereocenters. The molecule has 2 aliphatic rings. The number of hydrogen-bond acceptors (Lipinski definition) is 6. The maximum atomic E-state index is 13.4. The molecule has 5 rings (SSSR count). The molecule has 0 bridgehead atoms. The van der Waals surface area contributed by atoms with Gasteiger partial charge in [-0.2, -0.15) is 0 Å². The van der Waals surface area contributed by atoms with Crippen LogP contribution in [-0.2, 0) is 0 Å². The number of benzene rings is 2. The molecule has 1 aromatic heterocycles. The standard InChI is InChI=1S/C22H17N3O5/c1-29-10-7-8-14(30-2)13(9-10)15-16-18(11-5-3-4-6-12(11)19(16)26)23-20-17(15)21(27)25-22(28)24-20/h3-9,15H,1-2H3,(H3,23,24,25,27,28). The summed E-state index contributed by atoms with van der Waals surface area (Å²) in [7, 11) is 3.05. The van der Waals surface area contributed by atoms with Gasteiger partial charge in [0.15, 0.2) is 5.78 Å². The quantitative estimate of drug-likeness (QED) is 0.618. The highest BCUT2D eigenvalue weighted by Gasteiger charge is 2.42. The number of allylic oxidation sites excluding steroid dienone is 1. The largest absolute Gasteiger partial charge is 0.497 e. The van der Waals surface area contributed by atoms with Crippen molar-refractivity contribution in [2.24, 2.45) is 0 Å². The lowest BCUT2D eigenvalue weighted by molar-refractivity contribution is 0.103. The summed E-state index contributed by atoms with van der Waals surface area (Å²) in [6.07, 6.45) is 0. The van der Waals surface area contributed by atoms with Gasteiger partial charge in [0.2, 0.25) is 0 Å². The van der Waals surface area contributed by atoms with Crippen LogP contribution >= 0.6 is 0 Å². The molecule has 0 fully saturated rings. The van der Waals surface area contributed by atoms with Gasteiger partial charge < -0.3 is 14.8 Å². The number of anilines is 1. The molecule has 8 nitrogen and oxygen atoms in total. The van der Waals surface area contributed by atoms with E-state index in [4.69, 9.17) is 9.47 Å². The molecule has 1 aliphatic carbocycles. The molecule has 1 aliphatic heterocycles. The van der Waals surface area contributed by atoms with Crippen molar-refractivity contribution < 1.29 is 14.3 Å². The second-order valence-corrected chi connectivity index (χ2v) is 7.03. The Morgan fingerprint density at radius 3 is 2.40 bits per heavy atom. The van der Waals surface area contributed by atoms with Crippen LogP contribution in [-0.4, -0.2) is 30.0 Å². The highest BCUT2D eigenvalue weighted by molar-refractivity contribution is 6.23. The van der Waals surface area contributed by atoms with Gasteiger partial charge in [0.1, 0.15) is 17.3 Å². The third-order valence-electron chi connectivity index (χ3n) is 5.51. The van der Waals surface area contributed by atoms with E-state index in [1.165, 1.54) is 14.2 Å². The van der Waals surface area contributed by atoms with E-state index in [1.54, 1.807) is 30.3 Å². The predicted molar refractivity (Wildman–Crippen MR) is 110 cm³/mol.